The van der Waals surface area contributed by atoms with E-state index in [1.165, 1.54) is 54.4 Å². The van der Waals surface area contributed by atoms with Gasteiger partial charge in [-0.2, -0.15) is 0 Å². The highest BCUT2D eigenvalue weighted by molar-refractivity contribution is 6.11. The smallest absolute Gasteiger partial charge is 0.0900 e. The van der Waals surface area contributed by atoms with Gasteiger partial charge in [0.25, 0.3) is 0 Å². The van der Waals surface area contributed by atoms with Gasteiger partial charge in [-0.15, -0.1) is 0 Å². The Hall–Kier alpha value is -19.6. The van der Waals surface area contributed by atoms with Crippen LogP contribution in [0.4, 0.5) is 0 Å². The van der Waals surface area contributed by atoms with Gasteiger partial charge < -0.3 is 9.13 Å². The van der Waals surface area contributed by atoms with Crippen LogP contribution in [-0.4, -0.2) is 59.0 Å². The molecule has 0 radical (unpaired) electrons. The van der Waals surface area contributed by atoms with Gasteiger partial charge in [-0.05, 0) is 294 Å². The minimum absolute atomic E-state index is 0.810. The molecule has 0 saturated carbocycles. The Morgan fingerprint density at radius 1 is 0.118 bits per heavy atom. The molecule has 0 aliphatic rings. The fourth-order valence-corrected chi connectivity index (χ4v) is 19.3. The SMILES string of the molecule is c1ccc(-c2cc(-c3ccc(-c4ccc5ccc(-c6ccc(-c7cc(-c8ccccn8)nc(-c8ccccn8)c7)cc6)cc5c4)cc3)cc(-c3ccccn3)n2)nc1.c1ccc(-c2ccc(-c3cc(-c4ccc(-c5ccccn5)cc4)cc(-c4ccc(-c5ccccn5)cc4)c3)cc2)nc1.c1ccc(-c2ccc(-c3cc(-n4c5ccccc5c5ccccc54)cc(-n4c5ccccc5c5ccccc54)c3)cc2)nc1. The van der Waals surface area contributed by atoms with Gasteiger partial charge >= 0.3 is 0 Å². The van der Waals surface area contributed by atoms with E-state index in [0.29, 0.717) is 0 Å². The lowest BCUT2D eigenvalue weighted by atomic mass is 9.92. The maximum atomic E-state index is 4.94. The predicted molar refractivity (Wildman–Crippen MR) is 590 cm³/mol. The summed E-state index contributed by atoms with van der Waals surface area (Å²) in [5, 5.41) is 7.41. The number of benzene rings is 14. The van der Waals surface area contributed by atoms with E-state index in [-0.39, 0.29) is 0 Å². The van der Waals surface area contributed by atoms with Gasteiger partial charge in [0.2, 0.25) is 0 Å². The second kappa shape index (κ2) is 39.5. The molecule has 0 aliphatic carbocycles. The molecule has 0 atom stereocenters. The van der Waals surface area contributed by atoms with Crippen LogP contribution in [0.25, 0.3) is 245 Å². The molecule has 676 valence electrons. The number of para-hydroxylation sites is 4. The lowest BCUT2D eigenvalue weighted by molar-refractivity contribution is 1.13. The van der Waals surface area contributed by atoms with Crippen molar-refractivity contribution in [3.8, 4) is 191 Å². The summed E-state index contributed by atoms with van der Waals surface area (Å²) in [5.74, 6) is 0. The number of fused-ring (bicyclic) bond motifs is 7. The van der Waals surface area contributed by atoms with Crippen molar-refractivity contribution in [3.05, 3.63) is 535 Å². The summed E-state index contributed by atoms with van der Waals surface area (Å²) in [6.07, 6.45) is 14.5. The lowest BCUT2D eigenvalue weighted by Crippen LogP contribution is -2.00. The predicted octanol–water partition coefficient (Wildman–Crippen LogP) is 33.0. The van der Waals surface area contributed by atoms with Gasteiger partial charge in [0.05, 0.1) is 90.4 Å². The standard InChI is InChI=1S/C52H34N6.C41H27N3.C39H27N3/c1-5-25-53-45(9-1)49-31-43(32-50(57-49)46-10-2-6-26-54-46)38-17-13-35(14-18-38)40-23-21-37-22-24-41(30-42(37)29-40)36-15-19-39(20-16-36)44-33-51(47-11-3-7-27-55-47)58-52(34-44)48-12-4-8-28-56-48;1-5-16-38-33(11-1)34-12-2-6-17-39(34)43(38)31-25-30(28-20-22-29(23-21-28)37-15-9-10-24-42-37)26-32(27-31)44-40-18-7-3-13-35(40)36-14-4-8-19-41(36)44;1-4-22-40-37(7-1)31-16-10-28(11-17-31)34-25-35(29-12-18-32(19-13-29)38-8-2-5-23-41-38)27-36(26-34)30-14-20-33(21-15-30)39-9-3-6-24-42-39/h1-34H;1-27H;1-27H. The van der Waals surface area contributed by atoms with E-state index >= 15 is 0 Å². The average molecular weight is 1840 g/mol. The molecule has 0 bridgehead atoms. The molecular formula is C132H88N12. The van der Waals surface area contributed by atoms with Crippen molar-refractivity contribution >= 4 is 54.4 Å². The molecule has 0 fully saturated rings. The Kier molecular flexibility index (Phi) is 23.9. The molecule has 144 heavy (non-hydrogen) atoms. The van der Waals surface area contributed by atoms with E-state index in [0.717, 1.165) is 191 Å². The van der Waals surface area contributed by atoms with Crippen molar-refractivity contribution in [2.45, 2.75) is 0 Å². The molecule has 12 heteroatoms. The zero-order chi connectivity index (χ0) is 95.9. The molecule has 0 unspecified atom stereocenters. The van der Waals surface area contributed by atoms with Crippen molar-refractivity contribution in [3.63, 3.8) is 0 Å². The zero-order valence-corrected chi connectivity index (χ0v) is 78.2. The first-order valence-corrected chi connectivity index (χ1v) is 48.1. The summed E-state index contributed by atoms with van der Waals surface area (Å²) in [6.45, 7) is 0. The average Bonchev–Trinajstić information content (AvgIpc) is 1.58. The number of aromatic nitrogens is 12. The summed E-state index contributed by atoms with van der Waals surface area (Å²) in [4.78, 5) is 46.3. The van der Waals surface area contributed by atoms with E-state index in [4.69, 9.17) is 9.97 Å². The number of rotatable bonds is 18. The Bertz CT molecular complexity index is 8280. The molecule has 26 rings (SSSR count). The molecule has 26 aromatic rings. The summed E-state index contributed by atoms with van der Waals surface area (Å²) >= 11 is 0. The van der Waals surface area contributed by atoms with Crippen LogP contribution in [0, 0.1) is 0 Å². The largest absolute Gasteiger partial charge is 0.309 e. The Morgan fingerprint density at radius 3 is 0.549 bits per heavy atom. The number of pyridine rings is 10. The van der Waals surface area contributed by atoms with Crippen molar-refractivity contribution in [2.24, 2.45) is 0 Å². The van der Waals surface area contributed by atoms with Gasteiger partial charge in [-0.3, -0.25) is 39.9 Å². The second-order valence-corrected chi connectivity index (χ2v) is 35.5. The summed E-state index contributed by atoms with van der Waals surface area (Å²) in [6, 6.07) is 170. The fourth-order valence-electron chi connectivity index (χ4n) is 19.3. The van der Waals surface area contributed by atoms with Crippen molar-refractivity contribution < 1.29 is 0 Å². The molecule has 0 spiro atoms. The number of hydrogen-bond donors (Lipinski definition) is 0. The highest BCUT2D eigenvalue weighted by atomic mass is 15.0. The van der Waals surface area contributed by atoms with Crippen molar-refractivity contribution in [1.29, 1.82) is 0 Å². The fraction of sp³-hybridized carbons (Fsp3) is 0. The monoisotopic (exact) mass is 1840 g/mol. The van der Waals surface area contributed by atoms with Crippen LogP contribution in [-0.2, 0) is 0 Å². The molecular weight excluding hydrogens is 1750 g/mol. The van der Waals surface area contributed by atoms with Gasteiger partial charge in [0.15, 0.2) is 0 Å². The maximum absolute atomic E-state index is 4.94. The van der Waals surface area contributed by atoms with Crippen LogP contribution in [0.15, 0.2) is 535 Å². The first-order chi connectivity index (χ1) is 71.3. The normalized spacial score (nSPS) is 11.2. The van der Waals surface area contributed by atoms with Gasteiger partial charge in [-0.25, -0.2) is 9.97 Å². The van der Waals surface area contributed by atoms with E-state index in [1.54, 1.807) is 24.8 Å². The van der Waals surface area contributed by atoms with Crippen molar-refractivity contribution in [2.75, 3.05) is 0 Å². The quantitative estimate of drug-likeness (QED) is 0.0816. The minimum atomic E-state index is 0.810. The van der Waals surface area contributed by atoms with Crippen LogP contribution in [0.3, 0.4) is 0 Å². The van der Waals surface area contributed by atoms with Gasteiger partial charge in [0.1, 0.15) is 0 Å². The second-order valence-electron chi connectivity index (χ2n) is 35.5. The molecule has 0 N–H and O–H groups in total. The highest BCUT2D eigenvalue weighted by Gasteiger charge is 2.21. The van der Waals surface area contributed by atoms with E-state index < -0.39 is 0 Å². The van der Waals surface area contributed by atoms with E-state index in [1.807, 2.05) is 164 Å². The first kappa shape index (κ1) is 87.2. The van der Waals surface area contributed by atoms with Crippen LogP contribution in [0.1, 0.15) is 0 Å². The van der Waals surface area contributed by atoms with Gasteiger partial charge in [-0.1, -0.05) is 291 Å². The third-order valence-corrected chi connectivity index (χ3v) is 26.5. The number of hydrogen-bond acceptors (Lipinski definition) is 10. The van der Waals surface area contributed by atoms with Crippen LogP contribution < -0.4 is 0 Å². The highest BCUT2D eigenvalue weighted by Crippen LogP contribution is 2.43. The van der Waals surface area contributed by atoms with E-state index in [2.05, 4.69) is 395 Å². The zero-order valence-electron chi connectivity index (χ0n) is 78.2. The van der Waals surface area contributed by atoms with Crippen LogP contribution in [0.5, 0.6) is 0 Å². The molecule has 12 nitrogen and oxygen atoms in total. The maximum Gasteiger partial charge on any atom is 0.0900 e. The lowest BCUT2D eigenvalue weighted by Gasteiger charge is -2.16. The third kappa shape index (κ3) is 18.3. The molecule has 14 aromatic carbocycles. The van der Waals surface area contributed by atoms with Crippen LogP contribution >= 0.6 is 0 Å². The van der Waals surface area contributed by atoms with Crippen molar-refractivity contribution in [1.82, 2.24) is 59.0 Å². The molecule has 0 saturated heterocycles. The van der Waals surface area contributed by atoms with Gasteiger partial charge in [0, 0.05) is 105 Å². The number of nitrogens with zero attached hydrogens (tertiary/aromatic N) is 12. The summed E-state index contributed by atoms with van der Waals surface area (Å²) in [7, 11) is 0. The molecule has 0 amide bonds. The first-order valence-electron chi connectivity index (χ1n) is 48.1. The third-order valence-electron chi connectivity index (χ3n) is 26.5. The minimum Gasteiger partial charge on any atom is -0.309 e. The van der Waals surface area contributed by atoms with Crippen LogP contribution in [0.2, 0.25) is 0 Å². The van der Waals surface area contributed by atoms with E-state index in [9.17, 15) is 0 Å². The Balaban J connectivity index is 0.000000118. The molecule has 0 aliphatic heterocycles. The Morgan fingerprint density at radius 2 is 0.312 bits per heavy atom. The summed E-state index contributed by atoms with van der Waals surface area (Å²) < 4.78 is 4.82. The Labute approximate surface area is 833 Å². The molecule has 12 heterocycles. The summed E-state index contributed by atoms with van der Waals surface area (Å²) in [5.41, 5.74) is 40.1. The molecule has 12 aromatic heterocycles. The topological polar surface area (TPSA) is 139 Å².